The number of hydrogen-bond donors (Lipinski definition) is 4. The molecule has 366 valence electrons. The van der Waals surface area contributed by atoms with E-state index in [2.05, 4.69) is 139 Å². The number of hydrogen-bond acceptors (Lipinski definition) is 10. The fourth-order valence-corrected chi connectivity index (χ4v) is 10.8. The lowest BCUT2D eigenvalue weighted by Gasteiger charge is -2.37. The normalized spacial score (nSPS) is 24.3. The summed E-state index contributed by atoms with van der Waals surface area (Å²) in [6.45, 7) is 6.78. The lowest BCUT2D eigenvalue weighted by atomic mass is 9.89. The highest BCUT2D eigenvalue weighted by Gasteiger charge is 2.66. The Morgan fingerprint density at radius 3 is 1.65 bits per heavy atom. The third kappa shape index (κ3) is 7.34. The molecule has 0 amide bonds. The molecule has 2 fully saturated rings. The molecule has 7 heterocycles. The number of halogens is 2. The Morgan fingerprint density at radius 1 is 0.662 bits per heavy atom. The average Bonchev–Trinajstić information content (AvgIpc) is 4.22. The first kappa shape index (κ1) is 48.6. The van der Waals surface area contributed by atoms with Crippen molar-refractivity contribution in [1.29, 1.82) is 0 Å². The third-order valence-electron chi connectivity index (χ3n) is 14.4. The monoisotopic (exact) mass is 1090 g/mol. The van der Waals surface area contributed by atoms with E-state index < -0.39 is 47.2 Å². The molecule has 71 heavy (non-hydrogen) atoms. The van der Waals surface area contributed by atoms with Gasteiger partial charge in [0.25, 0.3) is 0 Å². The molecule has 10 aromatic rings. The smallest absolute Gasteiger partial charge is 0.343 e. The van der Waals surface area contributed by atoms with Gasteiger partial charge < -0.3 is 57.7 Å². The van der Waals surface area contributed by atoms with Crippen LogP contribution in [-0.4, -0.2) is 98.9 Å². The molecule has 3 aliphatic rings. The number of alkyl halides is 1. The number of esters is 2. The number of H-pyrrole nitrogens is 2. The minimum Gasteiger partial charge on any atom is -0.467 e. The van der Waals surface area contributed by atoms with Crippen molar-refractivity contribution in [2.24, 2.45) is 0 Å². The SMILES string of the molecule is C=C(I)CCl.COC(=O)[C@@]1(O)CC(OC)O[C@@]1(C)OC.COC(=O)[C@@]1(O)C[C@H]2O[C@]1(C)n1c3ccccc3c3ccc4c5ccccc5n2c4c31.c1ccc2c(c1)[nH]c1c2ccc2c3ccccc3[nH]c21. The van der Waals surface area contributed by atoms with Crippen molar-refractivity contribution in [1.82, 2.24) is 19.1 Å². The van der Waals surface area contributed by atoms with Crippen molar-refractivity contribution >= 4 is 133 Å². The summed E-state index contributed by atoms with van der Waals surface area (Å²) in [4.78, 5) is 31.5. The second-order valence-electron chi connectivity index (χ2n) is 18.1. The van der Waals surface area contributed by atoms with Crippen LogP contribution < -0.4 is 0 Å². The van der Waals surface area contributed by atoms with Gasteiger partial charge in [-0.05, 0) is 64.3 Å². The molecule has 2 saturated heterocycles. The maximum Gasteiger partial charge on any atom is 0.343 e. The van der Waals surface area contributed by atoms with Gasteiger partial charge in [0.2, 0.25) is 17.0 Å². The zero-order chi connectivity index (χ0) is 50.2. The van der Waals surface area contributed by atoms with Gasteiger partial charge >= 0.3 is 11.9 Å². The zero-order valence-corrected chi connectivity index (χ0v) is 42.8. The van der Waals surface area contributed by atoms with Crippen molar-refractivity contribution in [2.75, 3.05) is 34.3 Å². The Kier molecular flexibility index (Phi) is 12.5. The highest BCUT2D eigenvalue weighted by molar-refractivity contribution is 14.1. The van der Waals surface area contributed by atoms with E-state index >= 15 is 0 Å². The molecule has 6 atom stereocenters. The molecule has 4 N–H and O–H groups in total. The van der Waals surface area contributed by atoms with Crippen LogP contribution in [0, 0.1) is 0 Å². The molecular formula is C55H52ClIN4O10. The molecule has 16 heteroatoms. The lowest BCUT2D eigenvalue weighted by molar-refractivity contribution is -0.287. The Balaban J connectivity index is 0.000000125. The van der Waals surface area contributed by atoms with Crippen LogP contribution in [0.15, 0.2) is 131 Å². The van der Waals surface area contributed by atoms with Crippen molar-refractivity contribution in [3.63, 3.8) is 0 Å². The molecule has 3 aliphatic heterocycles. The number of aromatic nitrogens is 4. The second-order valence-corrected chi connectivity index (χ2v) is 19.9. The van der Waals surface area contributed by atoms with Crippen molar-refractivity contribution in [2.45, 2.75) is 61.9 Å². The molecule has 14 nitrogen and oxygen atoms in total. The Bertz CT molecular complexity index is 3660. The largest absolute Gasteiger partial charge is 0.467 e. The zero-order valence-electron chi connectivity index (χ0n) is 39.8. The average molecular weight is 1090 g/mol. The van der Waals surface area contributed by atoms with Crippen LogP contribution in [0.4, 0.5) is 0 Å². The van der Waals surface area contributed by atoms with E-state index in [4.69, 9.17) is 35.3 Å². The van der Waals surface area contributed by atoms with E-state index in [0.717, 1.165) is 47.2 Å². The van der Waals surface area contributed by atoms with Gasteiger partial charge in [-0.3, -0.25) is 0 Å². The number of aromatic amines is 2. The summed E-state index contributed by atoms with van der Waals surface area (Å²) in [6.07, 6.45) is -1.13. The molecule has 13 rings (SSSR count). The van der Waals surface area contributed by atoms with Gasteiger partial charge in [0.15, 0.2) is 12.0 Å². The lowest BCUT2D eigenvalue weighted by Crippen LogP contribution is -2.56. The van der Waals surface area contributed by atoms with Crippen LogP contribution in [0.25, 0.3) is 87.2 Å². The number of allylic oxidation sites excluding steroid dienone is 1. The fourth-order valence-electron chi connectivity index (χ4n) is 10.8. The summed E-state index contributed by atoms with van der Waals surface area (Å²) in [5.41, 5.74) is 3.70. The highest BCUT2D eigenvalue weighted by atomic mass is 127. The standard InChI is InChI=1S/C25H20N2O4.C18H12N2.C9H16O6.C3H4ClI/c1-24-25(29,23(28)30-2)13-20(31-24)26-18-9-5-3-7-14(18)16-11-12-17-15-8-4-6-10-19(15)27(24)22(17)21(16)26;1-3-7-15-11(5-1)13-9-10-14-12-6-2-4-8-16(12)20-18(14)17(13)19-15;1-8(14-4)9(11,7(10)13-3)5-6(12-2)15-8;1-3(5)2-4/h3-12,20,29H,13H2,1-2H3;1-10,19-20H;6,11H,5H2,1-4H3;1-2H2/t20-,24+,25+;;6?,8-,9+;/m1.1./s1. The van der Waals surface area contributed by atoms with Gasteiger partial charge in [-0.15, -0.1) is 11.6 Å². The van der Waals surface area contributed by atoms with Gasteiger partial charge in [0.05, 0.1) is 53.2 Å². The number of carbonyl (C=O) groups excluding carboxylic acids is 2. The van der Waals surface area contributed by atoms with Crippen LogP contribution in [0.2, 0.25) is 0 Å². The van der Waals surface area contributed by atoms with E-state index in [0.29, 0.717) is 5.88 Å². The predicted molar refractivity (Wildman–Crippen MR) is 286 cm³/mol. The molecule has 4 aromatic heterocycles. The first-order valence-electron chi connectivity index (χ1n) is 22.9. The number of benzene rings is 6. The fraction of sp³-hybridized carbons (Fsp3) is 0.273. The van der Waals surface area contributed by atoms with Gasteiger partial charge in [-0.2, -0.15) is 0 Å². The highest BCUT2D eigenvalue weighted by Crippen LogP contribution is 2.56. The number of aliphatic hydroxyl groups is 2. The maximum atomic E-state index is 13.0. The summed E-state index contributed by atoms with van der Waals surface area (Å²) in [6, 6.07) is 41.9. The van der Waals surface area contributed by atoms with E-state index in [9.17, 15) is 19.8 Å². The Morgan fingerprint density at radius 2 is 1.13 bits per heavy atom. The molecule has 0 radical (unpaired) electrons. The molecule has 0 aliphatic carbocycles. The number of ether oxygens (including phenoxy) is 6. The van der Waals surface area contributed by atoms with Crippen molar-refractivity contribution in [3.8, 4) is 0 Å². The summed E-state index contributed by atoms with van der Waals surface area (Å²) in [5, 5.41) is 31.5. The Hall–Kier alpha value is -6.02. The van der Waals surface area contributed by atoms with E-state index in [1.807, 2.05) is 34.9 Å². The predicted octanol–water partition coefficient (Wildman–Crippen LogP) is 11.2. The van der Waals surface area contributed by atoms with Crippen LogP contribution in [0.5, 0.6) is 0 Å². The minimum atomic E-state index is -1.85. The first-order valence-corrected chi connectivity index (χ1v) is 24.5. The second kappa shape index (κ2) is 18.2. The number of methoxy groups -OCH3 is 4. The van der Waals surface area contributed by atoms with E-state index in [-0.39, 0.29) is 12.8 Å². The topological polar surface area (TPSA) is 171 Å². The molecule has 6 aromatic carbocycles. The number of nitrogens with one attached hydrogen (secondary N) is 2. The van der Waals surface area contributed by atoms with Crippen LogP contribution in [0.1, 0.15) is 32.9 Å². The van der Waals surface area contributed by atoms with Gasteiger partial charge in [0, 0.05) is 81.2 Å². The molecular weight excluding hydrogens is 1040 g/mol. The minimum absolute atomic E-state index is 0.0273. The summed E-state index contributed by atoms with van der Waals surface area (Å²) in [5.74, 6) is -2.37. The molecule has 0 saturated carbocycles. The van der Waals surface area contributed by atoms with Gasteiger partial charge in [-0.1, -0.05) is 104 Å². The van der Waals surface area contributed by atoms with Gasteiger partial charge in [-0.25, -0.2) is 9.59 Å². The van der Waals surface area contributed by atoms with E-state index in [1.54, 1.807) is 6.92 Å². The van der Waals surface area contributed by atoms with Crippen LogP contribution in [0.3, 0.4) is 0 Å². The summed E-state index contributed by atoms with van der Waals surface area (Å²) in [7, 11) is 5.26. The number of rotatable bonds is 5. The number of nitrogens with zero attached hydrogens (tertiary/aromatic N) is 2. The molecule has 2 bridgehead atoms. The number of para-hydroxylation sites is 4. The molecule has 1 unspecified atom stereocenters. The van der Waals surface area contributed by atoms with E-state index in [1.165, 1.54) is 79.0 Å². The third-order valence-corrected chi connectivity index (χ3v) is 15.5. The number of fused-ring (bicyclic) bond motifs is 17. The van der Waals surface area contributed by atoms with Crippen LogP contribution >= 0.6 is 34.2 Å². The van der Waals surface area contributed by atoms with Crippen molar-refractivity contribution < 1.29 is 48.2 Å². The number of carbonyl (C=O) groups is 2. The quantitative estimate of drug-likeness (QED) is 0.0739. The van der Waals surface area contributed by atoms with Crippen molar-refractivity contribution in [3.05, 3.63) is 131 Å². The van der Waals surface area contributed by atoms with Crippen LogP contribution in [-0.2, 0) is 43.7 Å². The summed E-state index contributed by atoms with van der Waals surface area (Å²) >= 11 is 7.31. The molecule has 0 spiro atoms. The first-order chi connectivity index (χ1) is 34.1. The summed E-state index contributed by atoms with van der Waals surface area (Å²) < 4.78 is 36.6. The Labute approximate surface area is 426 Å². The van der Waals surface area contributed by atoms with Gasteiger partial charge in [0.1, 0.15) is 6.23 Å². The maximum absolute atomic E-state index is 13.0.